The molecular weight excluding hydrogens is 316 g/mol. The van der Waals surface area contributed by atoms with Crippen molar-refractivity contribution in [1.82, 2.24) is 9.55 Å². The number of fused-ring (bicyclic) bond motifs is 1. The summed E-state index contributed by atoms with van der Waals surface area (Å²) >= 11 is 3.39. The van der Waals surface area contributed by atoms with Crippen LogP contribution in [0.25, 0.3) is 10.9 Å². The maximum absolute atomic E-state index is 12.5. The van der Waals surface area contributed by atoms with Gasteiger partial charge in [-0.2, -0.15) is 0 Å². The molecule has 3 aromatic rings. The summed E-state index contributed by atoms with van der Waals surface area (Å²) in [6.07, 6.45) is 1.61. The first kappa shape index (κ1) is 13.1. The zero-order valence-corrected chi connectivity index (χ0v) is 12.6. The summed E-state index contributed by atoms with van der Waals surface area (Å²) in [6, 6.07) is 13.7. The summed E-state index contributed by atoms with van der Waals surface area (Å²) in [6.45, 7) is 2.58. The third-order valence-electron chi connectivity index (χ3n) is 3.26. The van der Waals surface area contributed by atoms with Gasteiger partial charge in [0.25, 0.3) is 5.56 Å². The molecule has 4 heteroatoms. The highest BCUT2D eigenvalue weighted by atomic mass is 79.9. The van der Waals surface area contributed by atoms with Crippen molar-refractivity contribution in [1.29, 1.82) is 0 Å². The van der Waals surface area contributed by atoms with E-state index in [0.29, 0.717) is 11.9 Å². The highest BCUT2D eigenvalue weighted by molar-refractivity contribution is 9.10. The molecule has 0 aliphatic heterocycles. The lowest BCUT2D eigenvalue weighted by atomic mass is 10.1. The van der Waals surface area contributed by atoms with Gasteiger partial charge in [-0.3, -0.25) is 9.36 Å². The molecular formula is C16H13BrN2O. The summed E-state index contributed by atoms with van der Waals surface area (Å²) in [7, 11) is 0. The number of nitrogens with zero attached hydrogens (tertiary/aromatic N) is 2. The number of halogens is 1. The largest absolute Gasteiger partial charge is 0.294 e. The molecule has 0 N–H and O–H groups in total. The Kier molecular flexibility index (Phi) is 3.40. The molecule has 20 heavy (non-hydrogen) atoms. The fourth-order valence-electron chi connectivity index (χ4n) is 2.13. The van der Waals surface area contributed by atoms with E-state index in [2.05, 4.69) is 20.9 Å². The Morgan fingerprint density at radius 3 is 2.65 bits per heavy atom. The van der Waals surface area contributed by atoms with Crippen molar-refractivity contribution in [3.05, 3.63) is 74.7 Å². The fraction of sp³-hybridized carbons (Fsp3) is 0.125. The van der Waals surface area contributed by atoms with Gasteiger partial charge in [-0.15, -0.1) is 0 Å². The molecule has 2 aromatic carbocycles. The van der Waals surface area contributed by atoms with E-state index in [1.165, 1.54) is 5.56 Å². The molecule has 0 saturated heterocycles. The van der Waals surface area contributed by atoms with Crippen molar-refractivity contribution in [3.63, 3.8) is 0 Å². The van der Waals surface area contributed by atoms with Gasteiger partial charge < -0.3 is 0 Å². The number of aryl methyl sites for hydroxylation is 1. The van der Waals surface area contributed by atoms with Crippen LogP contribution in [-0.4, -0.2) is 9.55 Å². The lowest BCUT2D eigenvalue weighted by Crippen LogP contribution is -2.21. The van der Waals surface area contributed by atoms with Gasteiger partial charge in [0, 0.05) is 4.47 Å². The summed E-state index contributed by atoms with van der Waals surface area (Å²) in [4.78, 5) is 16.8. The Bertz CT molecular complexity index is 822. The number of aromatic nitrogens is 2. The molecule has 0 atom stereocenters. The molecule has 0 amide bonds. The molecule has 0 unspecified atom stereocenters. The third-order valence-corrected chi connectivity index (χ3v) is 3.75. The normalized spacial score (nSPS) is 10.9. The molecule has 0 saturated carbocycles. The number of hydrogen-bond acceptors (Lipinski definition) is 2. The summed E-state index contributed by atoms with van der Waals surface area (Å²) in [5.74, 6) is 0. The van der Waals surface area contributed by atoms with Crippen LogP contribution in [0.3, 0.4) is 0 Å². The minimum Gasteiger partial charge on any atom is -0.294 e. The Labute approximate surface area is 125 Å². The summed E-state index contributed by atoms with van der Waals surface area (Å²) in [5.41, 5.74) is 3.01. The minimum atomic E-state index is -0.0168. The van der Waals surface area contributed by atoms with Crippen molar-refractivity contribution >= 4 is 26.8 Å². The van der Waals surface area contributed by atoms with Crippen LogP contribution in [0.1, 0.15) is 11.1 Å². The van der Waals surface area contributed by atoms with Crippen LogP contribution < -0.4 is 5.56 Å². The number of benzene rings is 2. The smallest absolute Gasteiger partial charge is 0.261 e. The SMILES string of the molecule is Cc1ccc(Cn2cnc3ccc(Br)cc3c2=O)cc1. The van der Waals surface area contributed by atoms with Crippen LogP contribution in [-0.2, 0) is 6.54 Å². The molecule has 0 aliphatic rings. The van der Waals surface area contributed by atoms with Gasteiger partial charge in [-0.05, 0) is 30.7 Å². The molecule has 0 aliphatic carbocycles. The zero-order valence-electron chi connectivity index (χ0n) is 11.0. The van der Waals surface area contributed by atoms with E-state index in [-0.39, 0.29) is 5.56 Å². The first-order valence-corrected chi connectivity index (χ1v) is 7.13. The van der Waals surface area contributed by atoms with Crippen molar-refractivity contribution < 1.29 is 0 Å². The standard InChI is InChI=1S/C16H13BrN2O/c1-11-2-4-12(5-3-11)9-19-10-18-15-7-6-13(17)8-14(15)16(19)20/h2-8,10H,9H2,1H3. The van der Waals surface area contributed by atoms with Crippen LogP contribution >= 0.6 is 15.9 Å². The van der Waals surface area contributed by atoms with Crippen molar-refractivity contribution in [2.24, 2.45) is 0 Å². The molecule has 0 bridgehead atoms. The topological polar surface area (TPSA) is 34.9 Å². The van der Waals surface area contributed by atoms with Crippen LogP contribution in [0.5, 0.6) is 0 Å². The predicted octanol–water partition coefficient (Wildman–Crippen LogP) is 3.52. The van der Waals surface area contributed by atoms with E-state index >= 15 is 0 Å². The highest BCUT2D eigenvalue weighted by Crippen LogP contribution is 2.15. The van der Waals surface area contributed by atoms with E-state index in [1.807, 2.05) is 49.4 Å². The Balaban J connectivity index is 2.06. The maximum Gasteiger partial charge on any atom is 0.261 e. The third kappa shape index (κ3) is 2.51. The molecule has 3 nitrogen and oxygen atoms in total. The first-order valence-electron chi connectivity index (χ1n) is 6.34. The van der Waals surface area contributed by atoms with Gasteiger partial charge in [-0.1, -0.05) is 45.8 Å². The Morgan fingerprint density at radius 1 is 1.15 bits per heavy atom. The second-order valence-electron chi connectivity index (χ2n) is 4.82. The minimum absolute atomic E-state index is 0.0168. The van der Waals surface area contributed by atoms with E-state index in [1.54, 1.807) is 10.9 Å². The lowest BCUT2D eigenvalue weighted by molar-refractivity contribution is 0.748. The van der Waals surface area contributed by atoms with Gasteiger partial charge in [-0.25, -0.2) is 4.98 Å². The molecule has 0 spiro atoms. The van der Waals surface area contributed by atoms with E-state index in [9.17, 15) is 4.79 Å². The number of hydrogen-bond donors (Lipinski definition) is 0. The quantitative estimate of drug-likeness (QED) is 0.721. The summed E-state index contributed by atoms with van der Waals surface area (Å²) < 4.78 is 2.52. The van der Waals surface area contributed by atoms with Gasteiger partial charge in [0.2, 0.25) is 0 Å². The van der Waals surface area contributed by atoms with Crippen LogP contribution in [0.15, 0.2) is 58.1 Å². The molecule has 100 valence electrons. The fourth-order valence-corrected chi connectivity index (χ4v) is 2.50. The van der Waals surface area contributed by atoms with Crippen molar-refractivity contribution in [2.75, 3.05) is 0 Å². The maximum atomic E-state index is 12.5. The van der Waals surface area contributed by atoms with Crippen molar-refractivity contribution in [3.8, 4) is 0 Å². The first-order chi connectivity index (χ1) is 9.63. The molecule has 1 heterocycles. The molecule has 0 fully saturated rings. The molecule has 0 radical (unpaired) electrons. The second-order valence-corrected chi connectivity index (χ2v) is 5.74. The van der Waals surface area contributed by atoms with Crippen LogP contribution in [0.2, 0.25) is 0 Å². The lowest BCUT2D eigenvalue weighted by Gasteiger charge is -2.07. The molecule has 3 rings (SSSR count). The van der Waals surface area contributed by atoms with Crippen molar-refractivity contribution in [2.45, 2.75) is 13.5 Å². The van der Waals surface area contributed by atoms with Gasteiger partial charge in [0.1, 0.15) is 0 Å². The Morgan fingerprint density at radius 2 is 1.90 bits per heavy atom. The predicted molar refractivity (Wildman–Crippen MR) is 84.0 cm³/mol. The second kappa shape index (κ2) is 5.21. The van der Waals surface area contributed by atoms with E-state index < -0.39 is 0 Å². The van der Waals surface area contributed by atoms with Gasteiger partial charge in [0.15, 0.2) is 0 Å². The van der Waals surface area contributed by atoms with E-state index in [0.717, 1.165) is 15.6 Å². The molecule has 1 aromatic heterocycles. The number of rotatable bonds is 2. The van der Waals surface area contributed by atoms with Crippen LogP contribution in [0, 0.1) is 6.92 Å². The van der Waals surface area contributed by atoms with Gasteiger partial charge >= 0.3 is 0 Å². The van der Waals surface area contributed by atoms with Gasteiger partial charge in [0.05, 0.1) is 23.8 Å². The average Bonchev–Trinajstić information content (AvgIpc) is 2.45. The Hall–Kier alpha value is -1.94. The highest BCUT2D eigenvalue weighted by Gasteiger charge is 2.05. The monoisotopic (exact) mass is 328 g/mol. The average molecular weight is 329 g/mol. The zero-order chi connectivity index (χ0) is 14.1. The summed E-state index contributed by atoms with van der Waals surface area (Å²) in [5, 5.41) is 0.633. The van der Waals surface area contributed by atoms with E-state index in [4.69, 9.17) is 0 Å². The van der Waals surface area contributed by atoms with Crippen LogP contribution in [0.4, 0.5) is 0 Å².